The summed E-state index contributed by atoms with van der Waals surface area (Å²) in [6, 6.07) is 8.10. The van der Waals surface area contributed by atoms with Gasteiger partial charge < -0.3 is 19.5 Å². The minimum atomic E-state index is 0. The lowest BCUT2D eigenvalue weighted by Crippen LogP contribution is -2.53. The lowest BCUT2D eigenvalue weighted by molar-refractivity contribution is -0.130. The molecular formula is C20H28IN5O2. The van der Waals surface area contributed by atoms with Crippen molar-refractivity contribution in [1.82, 2.24) is 20.1 Å². The number of carbonyl (C=O) groups excluding carboxylic acids is 1. The van der Waals surface area contributed by atoms with Crippen molar-refractivity contribution in [3.8, 4) is 11.5 Å². The Hall–Kier alpha value is -2.10. The molecule has 2 heterocycles. The van der Waals surface area contributed by atoms with Crippen LogP contribution in [0.25, 0.3) is 11.5 Å². The molecule has 0 radical (unpaired) electrons. The third-order valence-electron chi connectivity index (χ3n) is 4.60. The van der Waals surface area contributed by atoms with Crippen LogP contribution in [0.2, 0.25) is 0 Å². The SMILES string of the molecule is CCNC(=NCc1coc(-c2ccc(C)cc2)n1)N1CCN(C(C)=O)CC1.I. The average Bonchev–Trinajstić information content (AvgIpc) is 3.15. The minimum Gasteiger partial charge on any atom is -0.444 e. The van der Waals surface area contributed by atoms with Crippen molar-refractivity contribution < 1.29 is 9.21 Å². The third kappa shape index (κ3) is 5.70. The molecule has 152 valence electrons. The first kappa shape index (κ1) is 22.2. The summed E-state index contributed by atoms with van der Waals surface area (Å²) in [5, 5.41) is 3.33. The highest BCUT2D eigenvalue weighted by molar-refractivity contribution is 14.0. The molecule has 8 heteroatoms. The summed E-state index contributed by atoms with van der Waals surface area (Å²) < 4.78 is 5.61. The summed E-state index contributed by atoms with van der Waals surface area (Å²) in [5.74, 6) is 1.59. The molecule has 0 atom stereocenters. The fourth-order valence-corrected chi connectivity index (χ4v) is 3.02. The molecule has 1 aromatic heterocycles. The Labute approximate surface area is 183 Å². The molecule has 1 saturated heterocycles. The Kier molecular flexibility index (Phi) is 8.28. The first-order valence-corrected chi connectivity index (χ1v) is 9.37. The summed E-state index contributed by atoms with van der Waals surface area (Å²) in [7, 11) is 0. The van der Waals surface area contributed by atoms with Crippen LogP contribution in [0.1, 0.15) is 25.1 Å². The molecule has 0 bridgehead atoms. The van der Waals surface area contributed by atoms with Gasteiger partial charge in [0.25, 0.3) is 0 Å². The Morgan fingerprint density at radius 1 is 1.18 bits per heavy atom. The van der Waals surface area contributed by atoms with Crippen molar-refractivity contribution >= 4 is 35.8 Å². The smallest absolute Gasteiger partial charge is 0.226 e. The van der Waals surface area contributed by atoms with E-state index in [1.54, 1.807) is 13.2 Å². The van der Waals surface area contributed by atoms with Crippen molar-refractivity contribution in [3.63, 3.8) is 0 Å². The molecular weight excluding hydrogens is 469 g/mol. The van der Waals surface area contributed by atoms with Gasteiger partial charge in [0.2, 0.25) is 11.8 Å². The fraction of sp³-hybridized carbons (Fsp3) is 0.450. The van der Waals surface area contributed by atoms with Crippen molar-refractivity contribution in [2.75, 3.05) is 32.7 Å². The predicted octanol–water partition coefficient (Wildman–Crippen LogP) is 2.90. The number of guanidine groups is 1. The van der Waals surface area contributed by atoms with Crippen LogP contribution in [0.5, 0.6) is 0 Å². The van der Waals surface area contributed by atoms with Gasteiger partial charge in [-0.2, -0.15) is 0 Å². The number of carbonyl (C=O) groups is 1. The third-order valence-corrected chi connectivity index (χ3v) is 4.60. The van der Waals surface area contributed by atoms with E-state index in [4.69, 9.17) is 9.41 Å². The monoisotopic (exact) mass is 497 g/mol. The largest absolute Gasteiger partial charge is 0.444 e. The molecule has 3 rings (SSSR count). The first-order chi connectivity index (χ1) is 13.1. The van der Waals surface area contributed by atoms with E-state index in [9.17, 15) is 4.79 Å². The number of hydrogen-bond donors (Lipinski definition) is 1. The molecule has 0 saturated carbocycles. The molecule has 1 aliphatic heterocycles. The lowest BCUT2D eigenvalue weighted by Gasteiger charge is -2.36. The number of amides is 1. The van der Waals surface area contributed by atoms with E-state index < -0.39 is 0 Å². The van der Waals surface area contributed by atoms with Gasteiger partial charge in [0.05, 0.1) is 6.54 Å². The van der Waals surface area contributed by atoms with E-state index in [0.29, 0.717) is 12.4 Å². The Morgan fingerprint density at radius 2 is 1.82 bits per heavy atom. The normalized spacial score (nSPS) is 14.6. The van der Waals surface area contributed by atoms with Gasteiger partial charge in [-0.3, -0.25) is 4.79 Å². The van der Waals surface area contributed by atoms with Crippen LogP contribution in [-0.2, 0) is 11.3 Å². The number of halogens is 1. The summed E-state index contributed by atoms with van der Waals surface area (Å²) in [6.07, 6.45) is 1.66. The highest BCUT2D eigenvalue weighted by Crippen LogP contribution is 2.19. The number of hydrogen-bond acceptors (Lipinski definition) is 4. The quantitative estimate of drug-likeness (QED) is 0.400. The number of piperazine rings is 1. The van der Waals surface area contributed by atoms with E-state index in [2.05, 4.69) is 22.1 Å². The predicted molar refractivity (Wildman–Crippen MR) is 121 cm³/mol. The van der Waals surface area contributed by atoms with Gasteiger partial charge in [-0.1, -0.05) is 17.7 Å². The number of aryl methyl sites for hydroxylation is 1. The van der Waals surface area contributed by atoms with Gasteiger partial charge in [0.15, 0.2) is 5.96 Å². The van der Waals surface area contributed by atoms with Crippen LogP contribution in [0, 0.1) is 6.92 Å². The van der Waals surface area contributed by atoms with Crippen molar-refractivity contribution in [2.45, 2.75) is 27.3 Å². The lowest BCUT2D eigenvalue weighted by atomic mass is 10.1. The maximum atomic E-state index is 11.5. The Bertz CT molecular complexity index is 795. The van der Waals surface area contributed by atoms with Crippen LogP contribution in [0.3, 0.4) is 0 Å². The molecule has 2 aromatic rings. The Balaban J connectivity index is 0.00000280. The van der Waals surface area contributed by atoms with Crippen molar-refractivity contribution in [3.05, 3.63) is 41.8 Å². The minimum absolute atomic E-state index is 0. The van der Waals surface area contributed by atoms with Crippen molar-refractivity contribution in [2.24, 2.45) is 4.99 Å². The number of nitrogens with one attached hydrogen (secondary N) is 1. The summed E-state index contributed by atoms with van der Waals surface area (Å²) in [4.78, 5) is 24.8. The second-order valence-corrected chi connectivity index (χ2v) is 6.67. The highest BCUT2D eigenvalue weighted by Gasteiger charge is 2.21. The van der Waals surface area contributed by atoms with E-state index in [0.717, 1.165) is 49.9 Å². The van der Waals surface area contributed by atoms with E-state index in [1.807, 2.05) is 36.1 Å². The molecule has 0 spiro atoms. The molecule has 1 aliphatic rings. The highest BCUT2D eigenvalue weighted by atomic mass is 127. The van der Waals surface area contributed by atoms with Gasteiger partial charge in [0, 0.05) is 45.2 Å². The number of benzene rings is 1. The standard InChI is InChI=1S/C20H27N5O2.HI/c1-4-21-20(25-11-9-24(10-12-25)16(3)26)22-13-18-14-27-19(23-18)17-7-5-15(2)6-8-17;/h5-8,14H,4,9-13H2,1-3H3,(H,21,22);1H. The topological polar surface area (TPSA) is 74.0 Å². The molecule has 0 aliphatic carbocycles. The summed E-state index contributed by atoms with van der Waals surface area (Å²) in [6.45, 7) is 9.96. The second kappa shape index (κ2) is 10.4. The first-order valence-electron chi connectivity index (χ1n) is 9.37. The Morgan fingerprint density at radius 3 is 2.43 bits per heavy atom. The number of aliphatic imine (C=N–C) groups is 1. The van der Waals surface area contributed by atoms with Gasteiger partial charge >= 0.3 is 0 Å². The van der Waals surface area contributed by atoms with Gasteiger partial charge in [-0.25, -0.2) is 9.98 Å². The van der Waals surface area contributed by atoms with E-state index in [-0.39, 0.29) is 29.9 Å². The number of rotatable bonds is 4. The van der Waals surface area contributed by atoms with Gasteiger partial charge in [-0.05, 0) is 26.0 Å². The van der Waals surface area contributed by atoms with E-state index in [1.165, 1.54) is 5.56 Å². The van der Waals surface area contributed by atoms with E-state index >= 15 is 0 Å². The second-order valence-electron chi connectivity index (χ2n) is 6.67. The van der Waals surface area contributed by atoms with Crippen LogP contribution < -0.4 is 5.32 Å². The van der Waals surface area contributed by atoms with Crippen LogP contribution >= 0.6 is 24.0 Å². The molecule has 0 unspecified atom stereocenters. The molecule has 28 heavy (non-hydrogen) atoms. The van der Waals surface area contributed by atoms with Crippen LogP contribution in [0.15, 0.2) is 39.9 Å². The summed E-state index contributed by atoms with van der Waals surface area (Å²) in [5.41, 5.74) is 2.96. The average molecular weight is 497 g/mol. The number of oxazole rings is 1. The fourth-order valence-electron chi connectivity index (χ4n) is 3.02. The zero-order valence-corrected chi connectivity index (χ0v) is 19.0. The van der Waals surface area contributed by atoms with Gasteiger partial charge in [0.1, 0.15) is 12.0 Å². The molecule has 7 nitrogen and oxygen atoms in total. The molecule has 1 aromatic carbocycles. The number of aromatic nitrogens is 1. The van der Waals surface area contributed by atoms with Crippen LogP contribution in [-0.4, -0.2) is 59.4 Å². The van der Waals surface area contributed by atoms with Gasteiger partial charge in [-0.15, -0.1) is 24.0 Å². The van der Waals surface area contributed by atoms with Crippen molar-refractivity contribution in [1.29, 1.82) is 0 Å². The molecule has 1 amide bonds. The zero-order chi connectivity index (χ0) is 19.2. The van der Waals surface area contributed by atoms with Crippen LogP contribution in [0.4, 0.5) is 0 Å². The summed E-state index contributed by atoms with van der Waals surface area (Å²) >= 11 is 0. The maximum absolute atomic E-state index is 11.5. The molecule has 1 N–H and O–H groups in total. The zero-order valence-electron chi connectivity index (χ0n) is 16.6. The maximum Gasteiger partial charge on any atom is 0.226 e. The number of nitrogens with zero attached hydrogens (tertiary/aromatic N) is 4. The molecule has 1 fully saturated rings.